The molecular weight excluding hydrogens is 462 g/mol. The molecular formula is C26H25N5O3S. The Balaban J connectivity index is 1.32. The minimum Gasteiger partial charge on any atom is -0.496 e. The number of methoxy groups -OCH3 is 1. The normalized spacial score (nSPS) is 13.7. The summed E-state index contributed by atoms with van der Waals surface area (Å²) in [5.74, 6) is 1.17. The Labute approximate surface area is 207 Å². The van der Waals surface area contributed by atoms with Gasteiger partial charge in [-0.05, 0) is 48.2 Å². The van der Waals surface area contributed by atoms with Crippen molar-refractivity contribution in [2.45, 2.75) is 6.92 Å². The first-order chi connectivity index (χ1) is 17.0. The Morgan fingerprint density at radius 3 is 2.29 bits per heavy atom. The lowest BCUT2D eigenvalue weighted by molar-refractivity contribution is 0.0528. The molecule has 2 aromatic carbocycles. The number of para-hydroxylation sites is 1. The zero-order chi connectivity index (χ0) is 24.4. The highest BCUT2D eigenvalue weighted by atomic mass is 32.1. The van der Waals surface area contributed by atoms with Crippen LogP contribution in [0, 0.1) is 6.92 Å². The second kappa shape index (κ2) is 9.71. The lowest BCUT2D eigenvalue weighted by atomic mass is 10.1. The third kappa shape index (κ3) is 4.54. The highest BCUT2D eigenvalue weighted by Gasteiger charge is 2.29. The zero-order valence-corrected chi connectivity index (χ0v) is 20.4. The van der Waals surface area contributed by atoms with Crippen LogP contribution in [0.3, 0.4) is 0 Å². The molecule has 4 aromatic rings. The van der Waals surface area contributed by atoms with E-state index in [0.29, 0.717) is 43.3 Å². The average Bonchev–Trinajstić information content (AvgIpc) is 3.59. The molecule has 5 rings (SSSR count). The number of amides is 2. The van der Waals surface area contributed by atoms with Crippen molar-refractivity contribution >= 4 is 23.2 Å². The summed E-state index contributed by atoms with van der Waals surface area (Å²) in [7, 11) is 1.60. The monoisotopic (exact) mass is 487 g/mol. The quantitative estimate of drug-likeness (QED) is 0.426. The molecule has 3 heterocycles. The van der Waals surface area contributed by atoms with Crippen LogP contribution >= 0.6 is 11.3 Å². The SMILES string of the molecule is COc1cc(C(=O)N2CCN(C(=O)c3nc(-c4cccs4)n(-c4ccccc4)n3)CC2)ccc1C. The summed E-state index contributed by atoms with van der Waals surface area (Å²) < 4.78 is 7.06. The summed E-state index contributed by atoms with van der Waals surface area (Å²) in [6.45, 7) is 3.66. The summed E-state index contributed by atoms with van der Waals surface area (Å²) >= 11 is 1.55. The van der Waals surface area contributed by atoms with Crippen molar-refractivity contribution < 1.29 is 14.3 Å². The van der Waals surface area contributed by atoms with Gasteiger partial charge in [-0.1, -0.05) is 30.3 Å². The van der Waals surface area contributed by atoms with Crippen LogP contribution in [0.5, 0.6) is 5.75 Å². The number of ether oxygens (including phenoxy) is 1. The first-order valence-electron chi connectivity index (χ1n) is 11.3. The van der Waals surface area contributed by atoms with Gasteiger partial charge in [-0.25, -0.2) is 9.67 Å². The van der Waals surface area contributed by atoms with Crippen molar-refractivity contribution in [2.24, 2.45) is 0 Å². The summed E-state index contributed by atoms with van der Waals surface area (Å²) in [5, 5.41) is 6.54. The Morgan fingerprint density at radius 2 is 1.63 bits per heavy atom. The molecule has 1 fully saturated rings. The number of benzene rings is 2. The predicted octanol–water partition coefficient (Wildman–Crippen LogP) is 3.91. The molecule has 0 N–H and O–H groups in total. The van der Waals surface area contributed by atoms with Gasteiger partial charge < -0.3 is 14.5 Å². The Hall–Kier alpha value is -3.98. The molecule has 2 aromatic heterocycles. The molecule has 178 valence electrons. The summed E-state index contributed by atoms with van der Waals surface area (Å²) in [6, 6.07) is 19.0. The number of carbonyl (C=O) groups excluding carboxylic acids is 2. The maximum absolute atomic E-state index is 13.3. The second-order valence-electron chi connectivity index (χ2n) is 8.25. The molecule has 9 heteroatoms. The van der Waals surface area contributed by atoms with Gasteiger partial charge >= 0.3 is 0 Å². The molecule has 0 spiro atoms. The maximum atomic E-state index is 13.3. The van der Waals surface area contributed by atoms with E-state index in [4.69, 9.17) is 4.74 Å². The van der Waals surface area contributed by atoms with Crippen LogP contribution in [0.15, 0.2) is 66.0 Å². The molecule has 0 aliphatic carbocycles. The first-order valence-corrected chi connectivity index (χ1v) is 12.2. The van der Waals surface area contributed by atoms with Gasteiger partial charge in [0.1, 0.15) is 5.75 Å². The van der Waals surface area contributed by atoms with Gasteiger partial charge in [0.15, 0.2) is 5.82 Å². The molecule has 0 atom stereocenters. The fourth-order valence-corrected chi connectivity index (χ4v) is 4.81. The minimum atomic E-state index is -0.235. The lowest BCUT2D eigenvalue weighted by Crippen LogP contribution is -2.50. The van der Waals surface area contributed by atoms with Crippen LogP contribution in [0.1, 0.15) is 26.5 Å². The van der Waals surface area contributed by atoms with E-state index < -0.39 is 0 Å². The Kier molecular flexibility index (Phi) is 6.33. The Bertz CT molecular complexity index is 1340. The molecule has 1 aliphatic rings. The average molecular weight is 488 g/mol. The number of hydrogen-bond acceptors (Lipinski definition) is 6. The van der Waals surface area contributed by atoms with E-state index in [1.807, 2.05) is 66.9 Å². The van der Waals surface area contributed by atoms with Gasteiger partial charge in [0, 0.05) is 31.7 Å². The zero-order valence-electron chi connectivity index (χ0n) is 19.5. The highest BCUT2D eigenvalue weighted by molar-refractivity contribution is 7.13. The van der Waals surface area contributed by atoms with E-state index in [1.165, 1.54) is 0 Å². The van der Waals surface area contributed by atoms with Crippen LogP contribution in [-0.4, -0.2) is 69.7 Å². The van der Waals surface area contributed by atoms with E-state index in [9.17, 15) is 9.59 Å². The van der Waals surface area contributed by atoms with Crippen molar-refractivity contribution in [2.75, 3.05) is 33.3 Å². The minimum absolute atomic E-state index is 0.0677. The van der Waals surface area contributed by atoms with Crippen molar-refractivity contribution in [1.29, 1.82) is 0 Å². The summed E-state index contributed by atoms with van der Waals surface area (Å²) in [6.07, 6.45) is 0. The van der Waals surface area contributed by atoms with E-state index in [2.05, 4.69) is 10.1 Å². The van der Waals surface area contributed by atoms with Crippen LogP contribution in [-0.2, 0) is 0 Å². The molecule has 0 unspecified atom stereocenters. The topological polar surface area (TPSA) is 80.6 Å². The molecule has 0 bridgehead atoms. The maximum Gasteiger partial charge on any atom is 0.293 e. The number of rotatable bonds is 5. The molecule has 0 radical (unpaired) electrons. The third-order valence-electron chi connectivity index (χ3n) is 6.05. The highest BCUT2D eigenvalue weighted by Crippen LogP contribution is 2.26. The van der Waals surface area contributed by atoms with Gasteiger partial charge in [0.05, 0.1) is 17.7 Å². The predicted molar refractivity (Wildman–Crippen MR) is 134 cm³/mol. The van der Waals surface area contributed by atoms with Crippen LogP contribution < -0.4 is 4.74 Å². The Morgan fingerprint density at radius 1 is 0.914 bits per heavy atom. The fraction of sp³-hybridized carbons (Fsp3) is 0.231. The van der Waals surface area contributed by atoms with Crippen LogP contribution in [0.25, 0.3) is 16.4 Å². The van der Waals surface area contributed by atoms with E-state index in [-0.39, 0.29) is 17.6 Å². The number of aryl methyl sites for hydroxylation is 1. The smallest absolute Gasteiger partial charge is 0.293 e. The van der Waals surface area contributed by atoms with Crippen LogP contribution in [0.2, 0.25) is 0 Å². The van der Waals surface area contributed by atoms with Crippen molar-refractivity contribution in [1.82, 2.24) is 24.6 Å². The van der Waals surface area contributed by atoms with Crippen molar-refractivity contribution in [3.8, 4) is 22.1 Å². The van der Waals surface area contributed by atoms with Crippen LogP contribution in [0.4, 0.5) is 0 Å². The first kappa shape index (κ1) is 22.8. The van der Waals surface area contributed by atoms with E-state index in [0.717, 1.165) is 16.1 Å². The number of aromatic nitrogens is 3. The molecule has 35 heavy (non-hydrogen) atoms. The molecule has 0 saturated carbocycles. The summed E-state index contributed by atoms with van der Waals surface area (Å²) in [4.78, 5) is 35.3. The van der Waals surface area contributed by atoms with Gasteiger partial charge in [-0.3, -0.25) is 9.59 Å². The largest absolute Gasteiger partial charge is 0.496 e. The molecule has 8 nitrogen and oxygen atoms in total. The number of thiophene rings is 1. The van der Waals surface area contributed by atoms with Gasteiger partial charge in [0.25, 0.3) is 11.8 Å². The third-order valence-corrected chi connectivity index (χ3v) is 6.92. The standard InChI is InChI=1S/C26H25N5O3S/c1-18-10-11-19(17-21(18)34-2)25(32)29-12-14-30(15-13-29)26(33)23-27-24(22-9-6-16-35-22)31(28-23)20-7-4-3-5-8-20/h3-11,16-17H,12-15H2,1-2H3. The second-order valence-corrected chi connectivity index (χ2v) is 9.20. The van der Waals surface area contributed by atoms with Crippen molar-refractivity contribution in [3.63, 3.8) is 0 Å². The molecule has 1 saturated heterocycles. The lowest BCUT2D eigenvalue weighted by Gasteiger charge is -2.34. The van der Waals surface area contributed by atoms with Crippen molar-refractivity contribution in [3.05, 3.63) is 83.0 Å². The number of hydrogen-bond donors (Lipinski definition) is 0. The van der Waals surface area contributed by atoms with E-state index in [1.54, 1.807) is 39.0 Å². The number of carbonyl (C=O) groups is 2. The number of piperazine rings is 1. The number of nitrogens with zero attached hydrogens (tertiary/aromatic N) is 5. The van der Waals surface area contributed by atoms with Gasteiger partial charge in [-0.2, -0.15) is 0 Å². The molecule has 2 amide bonds. The summed E-state index contributed by atoms with van der Waals surface area (Å²) in [5.41, 5.74) is 2.39. The van der Waals surface area contributed by atoms with Gasteiger partial charge in [0.2, 0.25) is 5.82 Å². The molecule has 1 aliphatic heterocycles. The fourth-order valence-electron chi connectivity index (χ4n) is 4.11. The van der Waals surface area contributed by atoms with E-state index >= 15 is 0 Å². The van der Waals surface area contributed by atoms with Gasteiger partial charge in [-0.15, -0.1) is 16.4 Å².